The summed E-state index contributed by atoms with van der Waals surface area (Å²) in [5.74, 6) is -2.53. The van der Waals surface area contributed by atoms with Crippen molar-refractivity contribution in [3.63, 3.8) is 0 Å². The van der Waals surface area contributed by atoms with Crippen LogP contribution in [0.15, 0.2) is 29.9 Å². The lowest BCUT2D eigenvalue weighted by Crippen LogP contribution is -2.59. The molecule has 0 aliphatic rings. The smallest absolute Gasteiger partial charge is 0.271 e. The van der Waals surface area contributed by atoms with E-state index in [1.165, 1.54) is 11.3 Å². The largest absolute Gasteiger partial charge is 0.345 e. The fourth-order valence-electron chi connectivity index (χ4n) is 4.01. The monoisotopic (exact) mass is 586 g/mol. The van der Waals surface area contributed by atoms with Crippen molar-refractivity contribution in [3.05, 3.63) is 35.6 Å². The van der Waals surface area contributed by atoms with Gasteiger partial charge in [-0.3, -0.25) is 24.2 Å². The van der Waals surface area contributed by atoms with Crippen molar-refractivity contribution in [2.24, 2.45) is 17.8 Å². The molecule has 4 atom stereocenters. The van der Waals surface area contributed by atoms with Crippen molar-refractivity contribution >= 4 is 41.3 Å². The van der Waals surface area contributed by atoms with Gasteiger partial charge in [0.25, 0.3) is 5.91 Å². The maximum Gasteiger partial charge on any atom is 0.271 e. The highest BCUT2D eigenvalue weighted by Gasteiger charge is 2.33. The first kappa shape index (κ1) is 33.5. The lowest BCUT2D eigenvalue weighted by Gasteiger charge is -2.29. The fraction of sp³-hybridized carbons (Fsp3) is 0.552. The van der Waals surface area contributed by atoms with Gasteiger partial charge in [-0.15, -0.1) is 11.3 Å². The molecule has 2 heterocycles. The number of rotatable bonds is 15. The predicted molar refractivity (Wildman–Crippen MR) is 158 cm³/mol. The van der Waals surface area contributed by atoms with Gasteiger partial charge in [-0.25, -0.2) is 4.98 Å². The van der Waals surface area contributed by atoms with E-state index in [0.29, 0.717) is 24.1 Å². The minimum atomic E-state index is -0.964. The Kier molecular flexibility index (Phi) is 13.0. The van der Waals surface area contributed by atoms with Crippen LogP contribution in [0.3, 0.4) is 0 Å². The minimum Gasteiger partial charge on any atom is -0.345 e. The van der Waals surface area contributed by atoms with E-state index >= 15 is 0 Å². The Bertz CT molecular complexity index is 1180. The molecule has 4 N–H and O–H groups in total. The molecule has 0 spiro atoms. The van der Waals surface area contributed by atoms with Gasteiger partial charge in [0.05, 0.1) is 6.04 Å². The molecule has 2 aromatic heterocycles. The first-order valence-corrected chi connectivity index (χ1v) is 14.8. The summed E-state index contributed by atoms with van der Waals surface area (Å²) in [6.45, 7) is 12.8. The molecule has 0 fully saturated rings. The standard InChI is InChI=1S/C29H42N6O5S/c1-8-20(14-36)31-25(37)21(13-16(2)3)32-27(39)23(17(4)5)35-28(40)24(18(6)7)34-26(38)22-15-41-29(33-22)19-9-11-30-12-10-19/h9-12,14-18,20-21,23-24H,8,13H2,1-7H3,(H,31,37)(H,32,39)(H,34,38)(H,35,40)/t20-,21-,23-,24-/m0/s1. The summed E-state index contributed by atoms with van der Waals surface area (Å²) in [7, 11) is 0. The van der Waals surface area contributed by atoms with Crippen LogP contribution in [0.2, 0.25) is 0 Å². The summed E-state index contributed by atoms with van der Waals surface area (Å²) in [6, 6.07) is 0.158. The van der Waals surface area contributed by atoms with Gasteiger partial charge < -0.3 is 26.1 Å². The summed E-state index contributed by atoms with van der Waals surface area (Å²) in [4.78, 5) is 72.2. The number of aromatic nitrogens is 2. The van der Waals surface area contributed by atoms with Crippen LogP contribution in [0.25, 0.3) is 10.6 Å². The van der Waals surface area contributed by atoms with Crippen LogP contribution in [0.1, 0.15) is 71.8 Å². The van der Waals surface area contributed by atoms with E-state index in [4.69, 9.17) is 0 Å². The van der Waals surface area contributed by atoms with Crippen LogP contribution < -0.4 is 21.3 Å². The van der Waals surface area contributed by atoms with Gasteiger partial charge in [0.15, 0.2) is 0 Å². The topological polar surface area (TPSA) is 159 Å². The van der Waals surface area contributed by atoms with Gasteiger partial charge in [0.1, 0.15) is 35.1 Å². The molecule has 0 radical (unpaired) electrons. The second kappa shape index (κ2) is 15.9. The van der Waals surface area contributed by atoms with Crippen LogP contribution in [-0.4, -0.2) is 64.1 Å². The third-order valence-electron chi connectivity index (χ3n) is 6.42. The van der Waals surface area contributed by atoms with E-state index in [0.717, 1.165) is 5.56 Å². The highest BCUT2D eigenvalue weighted by atomic mass is 32.1. The van der Waals surface area contributed by atoms with Crippen molar-refractivity contribution in [2.45, 2.75) is 85.5 Å². The molecular weight excluding hydrogens is 544 g/mol. The number of pyridine rings is 1. The first-order chi connectivity index (χ1) is 19.4. The maximum absolute atomic E-state index is 13.4. The molecule has 4 amide bonds. The summed E-state index contributed by atoms with van der Waals surface area (Å²) in [6.07, 6.45) is 4.72. The number of aldehydes is 1. The molecule has 224 valence electrons. The molecule has 0 aliphatic carbocycles. The summed E-state index contributed by atoms with van der Waals surface area (Å²) >= 11 is 1.31. The Balaban J connectivity index is 2.14. The average Bonchev–Trinajstić information content (AvgIpc) is 3.43. The maximum atomic E-state index is 13.4. The van der Waals surface area contributed by atoms with Gasteiger partial charge in [-0.05, 0) is 42.7 Å². The Morgan fingerprint density at radius 3 is 1.98 bits per heavy atom. The molecular formula is C29H42N6O5S. The first-order valence-electron chi connectivity index (χ1n) is 13.9. The summed E-state index contributed by atoms with van der Waals surface area (Å²) < 4.78 is 0. The second-order valence-electron chi connectivity index (χ2n) is 11.0. The number of amides is 4. The summed E-state index contributed by atoms with van der Waals surface area (Å²) in [5, 5.41) is 13.2. The molecule has 0 aliphatic heterocycles. The minimum absolute atomic E-state index is 0.0831. The van der Waals surface area contributed by atoms with E-state index in [1.807, 2.05) is 13.8 Å². The number of nitrogens with zero attached hydrogens (tertiary/aromatic N) is 2. The van der Waals surface area contributed by atoms with Crippen LogP contribution in [-0.2, 0) is 19.2 Å². The van der Waals surface area contributed by atoms with E-state index in [1.54, 1.807) is 64.5 Å². The Labute approximate surface area is 245 Å². The second-order valence-corrected chi connectivity index (χ2v) is 11.9. The van der Waals surface area contributed by atoms with E-state index in [2.05, 4.69) is 31.2 Å². The van der Waals surface area contributed by atoms with Gasteiger partial charge in [-0.2, -0.15) is 0 Å². The molecule has 12 heteroatoms. The highest BCUT2D eigenvalue weighted by Crippen LogP contribution is 2.23. The fourth-order valence-corrected chi connectivity index (χ4v) is 4.82. The number of carbonyl (C=O) groups is 5. The van der Waals surface area contributed by atoms with Crippen molar-refractivity contribution in [3.8, 4) is 10.6 Å². The Morgan fingerprint density at radius 1 is 0.854 bits per heavy atom. The third kappa shape index (κ3) is 10.0. The highest BCUT2D eigenvalue weighted by molar-refractivity contribution is 7.13. The summed E-state index contributed by atoms with van der Waals surface area (Å²) in [5.41, 5.74) is 1.01. The SMILES string of the molecule is CC[C@@H](C=O)NC(=O)[C@H](CC(C)C)NC(=O)[C@@H](NC(=O)[C@@H](NC(=O)c1csc(-c2ccncc2)n1)C(C)C)C(C)C. The quantitative estimate of drug-likeness (QED) is 0.234. The lowest BCUT2D eigenvalue weighted by molar-refractivity contribution is -0.134. The van der Waals surface area contributed by atoms with E-state index < -0.39 is 47.8 Å². The molecule has 2 aromatic rings. The van der Waals surface area contributed by atoms with Gasteiger partial charge in [0.2, 0.25) is 17.7 Å². The number of nitrogens with one attached hydrogen (secondary N) is 4. The van der Waals surface area contributed by atoms with Crippen LogP contribution in [0.5, 0.6) is 0 Å². The zero-order valence-corrected chi connectivity index (χ0v) is 25.6. The molecule has 0 aromatic carbocycles. The number of hydrogen-bond acceptors (Lipinski definition) is 8. The zero-order valence-electron chi connectivity index (χ0n) is 24.8. The average molecular weight is 587 g/mol. The van der Waals surface area contributed by atoms with Crippen molar-refractivity contribution in [1.82, 2.24) is 31.2 Å². The molecule has 0 saturated heterocycles. The molecule has 0 unspecified atom stereocenters. The number of hydrogen-bond donors (Lipinski definition) is 4. The van der Waals surface area contributed by atoms with Gasteiger partial charge in [-0.1, -0.05) is 48.5 Å². The molecule has 0 bridgehead atoms. The number of thiazole rings is 1. The molecule has 41 heavy (non-hydrogen) atoms. The molecule has 11 nitrogen and oxygen atoms in total. The van der Waals surface area contributed by atoms with Crippen LogP contribution in [0, 0.1) is 17.8 Å². The molecule has 0 saturated carbocycles. The zero-order chi connectivity index (χ0) is 30.7. The number of carbonyl (C=O) groups excluding carboxylic acids is 5. The van der Waals surface area contributed by atoms with Crippen molar-refractivity contribution < 1.29 is 24.0 Å². The molecule has 2 rings (SSSR count). The van der Waals surface area contributed by atoms with E-state index in [-0.39, 0.29) is 23.4 Å². The van der Waals surface area contributed by atoms with Gasteiger partial charge >= 0.3 is 0 Å². The van der Waals surface area contributed by atoms with E-state index in [9.17, 15) is 24.0 Å². The Hall–Kier alpha value is -3.67. The normalized spacial score (nSPS) is 14.2. The van der Waals surface area contributed by atoms with Gasteiger partial charge in [0, 0.05) is 23.3 Å². The Morgan fingerprint density at radius 2 is 1.44 bits per heavy atom. The van der Waals surface area contributed by atoms with Crippen LogP contribution >= 0.6 is 11.3 Å². The third-order valence-corrected chi connectivity index (χ3v) is 7.31. The predicted octanol–water partition coefficient (Wildman–Crippen LogP) is 2.72. The van der Waals surface area contributed by atoms with Crippen LogP contribution in [0.4, 0.5) is 0 Å². The lowest BCUT2D eigenvalue weighted by atomic mass is 9.98. The van der Waals surface area contributed by atoms with Crippen molar-refractivity contribution in [1.29, 1.82) is 0 Å². The van der Waals surface area contributed by atoms with Crippen molar-refractivity contribution in [2.75, 3.05) is 0 Å².